The van der Waals surface area contributed by atoms with E-state index in [1.54, 1.807) is 11.3 Å². The maximum absolute atomic E-state index is 12.3. The van der Waals surface area contributed by atoms with Crippen LogP contribution in [0, 0.1) is 0 Å². The van der Waals surface area contributed by atoms with Gasteiger partial charge in [0.25, 0.3) is 0 Å². The molecule has 0 spiro atoms. The fourth-order valence-electron chi connectivity index (χ4n) is 2.57. The summed E-state index contributed by atoms with van der Waals surface area (Å²) in [6.07, 6.45) is 1.14. The maximum Gasteiger partial charge on any atom is 0.226 e. The van der Waals surface area contributed by atoms with Crippen molar-refractivity contribution >= 4 is 17.2 Å². The van der Waals surface area contributed by atoms with Gasteiger partial charge in [-0.05, 0) is 6.07 Å². The van der Waals surface area contributed by atoms with E-state index < -0.39 is 0 Å². The molecule has 0 radical (unpaired) electrons. The molecule has 1 N–H and O–H groups in total. The van der Waals surface area contributed by atoms with E-state index in [1.165, 1.54) is 0 Å². The molecule has 2 aromatic rings. The summed E-state index contributed by atoms with van der Waals surface area (Å²) in [5.41, 5.74) is 1.91. The summed E-state index contributed by atoms with van der Waals surface area (Å²) in [5.74, 6) is 1.29. The first-order valence-electron chi connectivity index (χ1n) is 7.59. The van der Waals surface area contributed by atoms with E-state index in [0.29, 0.717) is 18.9 Å². The van der Waals surface area contributed by atoms with Gasteiger partial charge in [-0.15, -0.1) is 11.3 Å². The molecule has 0 saturated carbocycles. The minimum atomic E-state index is 0.0160. The van der Waals surface area contributed by atoms with Gasteiger partial charge < -0.3 is 10.1 Å². The SMILES string of the molecule is CC(C)c1nc(CC(=O)N[C@@H]2CCOc3ccccc32)cs1. The Kier molecular flexibility index (Phi) is 4.43. The lowest BCUT2D eigenvalue weighted by Gasteiger charge is -2.26. The highest BCUT2D eigenvalue weighted by atomic mass is 32.1. The van der Waals surface area contributed by atoms with E-state index in [0.717, 1.165) is 28.4 Å². The van der Waals surface area contributed by atoms with Crippen LogP contribution in [0.2, 0.25) is 0 Å². The molecule has 1 aliphatic heterocycles. The third-order valence-corrected chi connectivity index (χ3v) is 4.89. The third-order valence-electron chi connectivity index (χ3n) is 3.70. The average molecular weight is 316 g/mol. The standard InChI is InChI=1S/C17H20N2O2S/c1-11(2)17-18-12(10-22-17)9-16(20)19-14-7-8-21-15-6-4-3-5-13(14)15/h3-6,10-11,14H,7-9H2,1-2H3,(H,19,20)/t14-/m1/s1. The summed E-state index contributed by atoms with van der Waals surface area (Å²) in [6.45, 7) is 4.86. The Morgan fingerprint density at radius 2 is 2.27 bits per heavy atom. The highest BCUT2D eigenvalue weighted by molar-refractivity contribution is 7.09. The van der Waals surface area contributed by atoms with Gasteiger partial charge in [-0.25, -0.2) is 4.98 Å². The van der Waals surface area contributed by atoms with Crippen LogP contribution < -0.4 is 10.1 Å². The first-order valence-corrected chi connectivity index (χ1v) is 8.47. The van der Waals surface area contributed by atoms with Crippen molar-refractivity contribution in [2.45, 2.75) is 38.6 Å². The molecule has 1 atom stereocenters. The number of ether oxygens (including phenoxy) is 1. The Morgan fingerprint density at radius 3 is 3.05 bits per heavy atom. The molecule has 1 aliphatic rings. The van der Waals surface area contributed by atoms with E-state index in [9.17, 15) is 4.79 Å². The zero-order chi connectivity index (χ0) is 15.5. The number of nitrogens with zero attached hydrogens (tertiary/aromatic N) is 1. The smallest absolute Gasteiger partial charge is 0.226 e. The first kappa shape index (κ1) is 15.0. The lowest BCUT2D eigenvalue weighted by molar-refractivity contribution is -0.121. The Labute approximate surface area is 134 Å². The van der Waals surface area contributed by atoms with Crippen LogP contribution in [0.15, 0.2) is 29.6 Å². The number of amides is 1. The average Bonchev–Trinajstić information content (AvgIpc) is 2.96. The van der Waals surface area contributed by atoms with Crippen LogP contribution in [0.1, 0.15) is 48.5 Å². The normalized spacial score (nSPS) is 17.0. The summed E-state index contributed by atoms with van der Waals surface area (Å²) in [6, 6.07) is 7.91. The van der Waals surface area contributed by atoms with Crippen LogP contribution >= 0.6 is 11.3 Å². The number of hydrogen-bond donors (Lipinski definition) is 1. The van der Waals surface area contributed by atoms with E-state index in [1.807, 2.05) is 29.6 Å². The molecular weight excluding hydrogens is 296 g/mol. The summed E-state index contributed by atoms with van der Waals surface area (Å²) in [5, 5.41) is 6.17. The van der Waals surface area contributed by atoms with Crippen molar-refractivity contribution < 1.29 is 9.53 Å². The molecular formula is C17H20N2O2S. The molecule has 1 aromatic heterocycles. The van der Waals surface area contributed by atoms with Gasteiger partial charge in [-0.1, -0.05) is 32.0 Å². The van der Waals surface area contributed by atoms with Gasteiger partial charge >= 0.3 is 0 Å². The molecule has 0 unspecified atom stereocenters. The lowest BCUT2D eigenvalue weighted by Crippen LogP contribution is -2.33. The van der Waals surface area contributed by atoms with Crippen LogP contribution in [0.25, 0.3) is 0 Å². The molecule has 4 nitrogen and oxygen atoms in total. The molecule has 5 heteroatoms. The van der Waals surface area contributed by atoms with Crippen LogP contribution in [-0.2, 0) is 11.2 Å². The number of carbonyl (C=O) groups excluding carboxylic acids is 1. The van der Waals surface area contributed by atoms with E-state index in [4.69, 9.17) is 4.74 Å². The number of nitrogens with one attached hydrogen (secondary N) is 1. The van der Waals surface area contributed by atoms with Gasteiger partial charge in [0.05, 0.1) is 29.8 Å². The first-order chi connectivity index (χ1) is 10.6. The van der Waals surface area contributed by atoms with E-state index in [-0.39, 0.29) is 11.9 Å². The Hall–Kier alpha value is -1.88. The number of thiazole rings is 1. The Balaban J connectivity index is 1.65. The second kappa shape index (κ2) is 6.48. The fourth-order valence-corrected chi connectivity index (χ4v) is 3.41. The number of carbonyl (C=O) groups is 1. The number of aromatic nitrogens is 1. The Bertz CT molecular complexity index is 666. The second-order valence-corrected chi connectivity index (χ2v) is 6.69. The molecule has 22 heavy (non-hydrogen) atoms. The maximum atomic E-state index is 12.3. The van der Waals surface area contributed by atoms with Crippen molar-refractivity contribution in [3.8, 4) is 5.75 Å². The summed E-state index contributed by atoms with van der Waals surface area (Å²) in [7, 11) is 0. The van der Waals surface area contributed by atoms with Gasteiger partial charge in [-0.2, -0.15) is 0 Å². The van der Waals surface area contributed by atoms with Gasteiger partial charge in [-0.3, -0.25) is 4.79 Å². The van der Waals surface area contributed by atoms with Crippen molar-refractivity contribution in [3.63, 3.8) is 0 Å². The van der Waals surface area contributed by atoms with E-state index in [2.05, 4.69) is 24.1 Å². The number of fused-ring (bicyclic) bond motifs is 1. The van der Waals surface area contributed by atoms with Gasteiger partial charge in [0, 0.05) is 23.3 Å². The predicted octanol–water partition coefficient (Wildman–Crippen LogP) is 3.45. The quantitative estimate of drug-likeness (QED) is 0.940. The summed E-state index contributed by atoms with van der Waals surface area (Å²) < 4.78 is 5.62. The van der Waals surface area contributed by atoms with Crippen molar-refractivity contribution in [1.29, 1.82) is 0 Å². The molecule has 1 amide bonds. The zero-order valence-electron chi connectivity index (χ0n) is 12.8. The molecule has 0 fully saturated rings. The molecule has 0 bridgehead atoms. The van der Waals surface area contributed by atoms with Crippen molar-refractivity contribution in [1.82, 2.24) is 10.3 Å². The predicted molar refractivity (Wildman–Crippen MR) is 87.3 cm³/mol. The molecule has 0 saturated heterocycles. The number of para-hydroxylation sites is 1. The van der Waals surface area contributed by atoms with Gasteiger partial charge in [0.1, 0.15) is 5.75 Å². The van der Waals surface area contributed by atoms with Gasteiger partial charge in [0.15, 0.2) is 0 Å². The molecule has 1 aromatic carbocycles. The van der Waals surface area contributed by atoms with Crippen molar-refractivity contribution in [2.75, 3.05) is 6.61 Å². The van der Waals surface area contributed by atoms with Crippen molar-refractivity contribution in [2.24, 2.45) is 0 Å². The summed E-state index contributed by atoms with van der Waals surface area (Å²) >= 11 is 1.62. The molecule has 0 aliphatic carbocycles. The monoisotopic (exact) mass is 316 g/mol. The number of rotatable bonds is 4. The topological polar surface area (TPSA) is 51.2 Å². The van der Waals surface area contributed by atoms with Crippen LogP contribution in [-0.4, -0.2) is 17.5 Å². The van der Waals surface area contributed by atoms with E-state index >= 15 is 0 Å². The van der Waals surface area contributed by atoms with Gasteiger partial charge in [0.2, 0.25) is 5.91 Å². The lowest BCUT2D eigenvalue weighted by atomic mass is 10.0. The minimum Gasteiger partial charge on any atom is -0.493 e. The second-order valence-electron chi connectivity index (χ2n) is 5.80. The molecule has 116 valence electrons. The Morgan fingerprint density at radius 1 is 1.45 bits per heavy atom. The largest absolute Gasteiger partial charge is 0.493 e. The molecule has 3 rings (SSSR count). The highest BCUT2D eigenvalue weighted by Crippen LogP contribution is 2.31. The fraction of sp³-hybridized carbons (Fsp3) is 0.412. The molecule has 2 heterocycles. The van der Waals surface area contributed by atoms with Crippen LogP contribution in [0.4, 0.5) is 0 Å². The minimum absolute atomic E-state index is 0.0160. The number of benzene rings is 1. The summed E-state index contributed by atoms with van der Waals surface area (Å²) in [4.78, 5) is 16.8. The van der Waals surface area contributed by atoms with Crippen molar-refractivity contribution in [3.05, 3.63) is 45.9 Å². The third kappa shape index (κ3) is 3.30. The number of hydrogen-bond acceptors (Lipinski definition) is 4. The zero-order valence-corrected chi connectivity index (χ0v) is 13.7. The van der Waals surface area contributed by atoms with Crippen LogP contribution in [0.5, 0.6) is 5.75 Å². The van der Waals surface area contributed by atoms with Crippen LogP contribution in [0.3, 0.4) is 0 Å². The highest BCUT2D eigenvalue weighted by Gasteiger charge is 2.22.